The van der Waals surface area contributed by atoms with Crippen LogP contribution < -0.4 is 61.5 Å². The van der Waals surface area contributed by atoms with Crippen LogP contribution in [0.15, 0.2) is 30.5 Å². The molecule has 3 rings (SSSR count). The second-order valence-electron chi connectivity index (χ2n) is 10.1. The number of anilines is 3. The normalized spacial score (nSPS) is 14.4. The first-order valence-electron chi connectivity index (χ1n) is 13.3. The maximum absolute atomic E-state index is 12.8. The number of carboxylic acid groups (broad SMARTS) is 2. The van der Waals surface area contributed by atoms with Crippen LogP contribution in [0.2, 0.25) is 0 Å². The molecule has 2 amide bonds. The van der Waals surface area contributed by atoms with E-state index in [0.717, 1.165) is 0 Å². The second-order valence-corrected chi connectivity index (χ2v) is 14.1. The number of rotatable bonds is 15. The van der Waals surface area contributed by atoms with Gasteiger partial charge in [-0.2, -0.15) is 9.97 Å². The average Bonchev–Trinajstić information content (AvgIpc) is 2.95. The summed E-state index contributed by atoms with van der Waals surface area (Å²) in [5.74, 6) is -5.33. The molecule has 0 fully saturated rings. The summed E-state index contributed by atoms with van der Waals surface area (Å²) in [6.07, 6.45) is -1.12. The molecule has 0 bridgehead atoms. The van der Waals surface area contributed by atoms with Gasteiger partial charge in [0.1, 0.15) is 25.1 Å². The van der Waals surface area contributed by atoms with Crippen molar-refractivity contribution >= 4 is 67.6 Å². The van der Waals surface area contributed by atoms with E-state index in [1.54, 1.807) is 24.1 Å². The first-order valence-corrected chi connectivity index (χ1v) is 16.6. The molecule has 254 valence electrons. The molecule has 4 atom stereocenters. The third kappa shape index (κ3) is 11.1. The molecule has 0 radical (unpaired) electrons. The number of nitrogens with zero attached hydrogens (tertiary/aromatic N) is 5. The van der Waals surface area contributed by atoms with Crippen LogP contribution in [0, 0.1) is 0 Å². The van der Waals surface area contributed by atoms with Crippen molar-refractivity contribution in [3.63, 3.8) is 0 Å². The average molecular weight is 721 g/mol. The van der Waals surface area contributed by atoms with E-state index in [1.165, 1.54) is 18.3 Å². The first kappa shape index (κ1) is 40.4. The molecule has 0 saturated heterocycles. The number of nitrogen functional groups attached to an aromatic ring is 2. The van der Waals surface area contributed by atoms with Crippen molar-refractivity contribution in [2.75, 3.05) is 23.4 Å². The Bertz CT molecular complexity index is 1750. The summed E-state index contributed by atoms with van der Waals surface area (Å²) in [6, 6.07) is 2.20. The summed E-state index contributed by atoms with van der Waals surface area (Å²) in [5, 5.41) is 20.1. The number of carbonyl (C=O) groups excluding carboxylic acids is 2. The molecular weight excluding hydrogens is 691 g/mol. The van der Waals surface area contributed by atoms with Gasteiger partial charge in [0.05, 0.1) is 18.4 Å². The molecule has 0 aliphatic heterocycles. The molecule has 2 heterocycles. The summed E-state index contributed by atoms with van der Waals surface area (Å²) >= 11 is 0. The molecule has 0 saturated carbocycles. The number of hydrogen-bond donors (Lipinski definition) is 9. The van der Waals surface area contributed by atoms with E-state index in [0.29, 0.717) is 11.4 Å². The van der Waals surface area contributed by atoms with Crippen LogP contribution >= 0.6 is 15.2 Å². The number of amides is 2. The molecule has 21 nitrogen and oxygen atoms in total. The number of benzene rings is 1. The molecule has 3 aromatic rings. The zero-order chi connectivity index (χ0) is 35.3. The number of aliphatic carboxylic acids is 2. The Labute approximate surface area is 293 Å². The van der Waals surface area contributed by atoms with Crippen LogP contribution in [0.1, 0.15) is 35.3 Å². The second kappa shape index (κ2) is 16.6. The van der Waals surface area contributed by atoms with E-state index in [4.69, 9.17) is 16.4 Å². The fraction of sp³-hybridized carbons (Fsp3) is 0.333. The van der Waals surface area contributed by atoms with Gasteiger partial charge in [-0.05, 0) is 30.7 Å². The molecular formula is C24H30N9NaO12P2. The van der Waals surface area contributed by atoms with Crippen LogP contribution in [0.5, 0.6) is 0 Å². The van der Waals surface area contributed by atoms with Gasteiger partial charge in [-0.25, -0.2) is 19.6 Å². The minimum Gasteiger partial charge on any atom is -0.778 e. The van der Waals surface area contributed by atoms with Crippen LogP contribution in [0.4, 0.5) is 17.5 Å². The van der Waals surface area contributed by atoms with Crippen molar-refractivity contribution in [1.82, 2.24) is 30.6 Å². The predicted molar refractivity (Wildman–Crippen MR) is 160 cm³/mol. The number of carbonyl (C=O) groups is 4. The van der Waals surface area contributed by atoms with E-state index >= 15 is 0 Å². The van der Waals surface area contributed by atoms with Gasteiger partial charge in [-0.3, -0.25) is 14.2 Å². The van der Waals surface area contributed by atoms with Crippen molar-refractivity contribution in [1.29, 1.82) is 0 Å². The monoisotopic (exact) mass is 721 g/mol. The van der Waals surface area contributed by atoms with Gasteiger partial charge in [0.25, 0.3) is 5.91 Å². The van der Waals surface area contributed by atoms with Gasteiger partial charge in [0.2, 0.25) is 11.9 Å². The summed E-state index contributed by atoms with van der Waals surface area (Å²) in [4.78, 5) is 105. The van der Waals surface area contributed by atoms with Crippen LogP contribution in [-0.2, 0) is 30.1 Å². The predicted octanol–water partition coefficient (Wildman–Crippen LogP) is -4.80. The number of nitrogens with one attached hydrogen (secondary N) is 2. The molecule has 24 heteroatoms. The van der Waals surface area contributed by atoms with Crippen molar-refractivity contribution in [3.8, 4) is 0 Å². The Morgan fingerprint density at radius 1 is 0.958 bits per heavy atom. The summed E-state index contributed by atoms with van der Waals surface area (Å²) in [6.45, 7) is 0.264. The van der Waals surface area contributed by atoms with E-state index < -0.39 is 75.7 Å². The molecule has 48 heavy (non-hydrogen) atoms. The molecule has 0 aliphatic carbocycles. The third-order valence-electron chi connectivity index (χ3n) is 6.58. The van der Waals surface area contributed by atoms with Crippen molar-refractivity contribution in [3.05, 3.63) is 41.7 Å². The Kier molecular flexibility index (Phi) is 13.9. The van der Waals surface area contributed by atoms with Gasteiger partial charge in [0, 0.05) is 31.1 Å². The zero-order valence-electron chi connectivity index (χ0n) is 25.3. The molecule has 0 spiro atoms. The van der Waals surface area contributed by atoms with Crippen molar-refractivity contribution in [2.24, 2.45) is 0 Å². The van der Waals surface area contributed by atoms with Crippen LogP contribution in [0.3, 0.4) is 0 Å². The smallest absolute Gasteiger partial charge is 0.778 e. The third-order valence-corrected chi connectivity index (χ3v) is 10.3. The minimum absolute atomic E-state index is 0. The van der Waals surface area contributed by atoms with E-state index in [1.807, 2.05) is 5.32 Å². The van der Waals surface area contributed by atoms with Crippen molar-refractivity contribution in [2.45, 2.75) is 43.3 Å². The SMILES string of the molecule is CN(Cc1cnc2nc(N)nc(N)c2n1)c1ccc(C(=O)NC(CCC(=O)NC(CC(P(=O)([O-])O)P(=O)(O)O)C(=O)O)C(=O)O)cc1.[Na+]. The molecule has 2 aromatic heterocycles. The topological polar surface area (TPSA) is 358 Å². The zero-order valence-corrected chi connectivity index (χ0v) is 29.1. The van der Waals surface area contributed by atoms with Gasteiger partial charge in [-0.1, -0.05) is 0 Å². The van der Waals surface area contributed by atoms with Crippen LogP contribution in [-0.4, -0.2) is 93.1 Å². The minimum atomic E-state index is -5.73. The van der Waals surface area contributed by atoms with Crippen molar-refractivity contribution < 1.29 is 87.7 Å². The van der Waals surface area contributed by atoms with E-state index in [2.05, 4.69) is 25.3 Å². The molecule has 11 N–H and O–H groups in total. The number of carboxylic acids is 2. The van der Waals surface area contributed by atoms with E-state index in [-0.39, 0.29) is 64.6 Å². The van der Waals surface area contributed by atoms with Gasteiger partial charge in [0.15, 0.2) is 17.0 Å². The maximum Gasteiger partial charge on any atom is 1.00 e. The largest absolute Gasteiger partial charge is 1.00 e. The number of aromatic nitrogens is 4. The standard InChI is InChI=1S/C24H31N9O12P2.Na/c1-33(10-12-9-27-20-18(28-12)19(25)31-24(26)32-20)13-4-2-11(3-5-13)21(35)30-14(22(36)37)6-7-16(34)29-15(23(38)39)8-17(46(40,41)42)47(43,44)45;/h2-5,9,14-15,17H,6-8,10H2,1H3,(H,29,34)(H,30,35)(H,36,37)(H,38,39)(H2,40,41,42)(H2,43,44,45)(H4,25,26,27,31,32);/q;+1/p-1. The Balaban J connectivity index is 0.00000800. The first-order chi connectivity index (χ1) is 21.8. The Hall–Kier alpha value is -3.78. The van der Waals surface area contributed by atoms with Crippen LogP contribution in [0.25, 0.3) is 11.2 Å². The fourth-order valence-electron chi connectivity index (χ4n) is 4.19. The number of nitrogens with two attached hydrogens (primary N) is 2. The summed E-state index contributed by atoms with van der Waals surface area (Å²) < 4.78 is 22.8. The number of hydrogen-bond acceptors (Lipinski definition) is 14. The van der Waals surface area contributed by atoms with E-state index in [9.17, 15) is 53.2 Å². The Morgan fingerprint density at radius 3 is 2.10 bits per heavy atom. The number of fused-ring (bicyclic) bond motifs is 1. The van der Waals surface area contributed by atoms with Gasteiger partial charge >= 0.3 is 49.1 Å². The summed E-state index contributed by atoms with van der Waals surface area (Å²) in [7, 11) is -9.54. The fourth-order valence-corrected chi connectivity index (χ4v) is 6.68. The van der Waals surface area contributed by atoms with Gasteiger partial charge in [-0.15, -0.1) is 0 Å². The maximum atomic E-state index is 12.8. The quantitative estimate of drug-likeness (QED) is 0.0525. The summed E-state index contributed by atoms with van der Waals surface area (Å²) in [5.41, 5.74) is 13.2. The molecule has 4 unspecified atom stereocenters. The molecule has 0 aliphatic rings. The molecule has 1 aromatic carbocycles. The Morgan fingerprint density at radius 2 is 1.56 bits per heavy atom. The van der Waals surface area contributed by atoms with Gasteiger partial charge < -0.3 is 61.4 Å².